The number of hydrogen-bond donors (Lipinski definition) is 1. The Morgan fingerprint density at radius 3 is 2.77 bits per heavy atom. The lowest BCUT2D eigenvalue weighted by Crippen LogP contribution is -2.02. The number of carbonyl (C=O) groups excluding carboxylic acids is 1. The molecular formula is C10H9NO2. The highest BCUT2D eigenvalue weighted by Gasteiger charge is 2.08. The molecule has 3 nitrogen and oxygen atoms in total. The van der Waals surface area contributed by atoms with Crippen LogP contribution in [0.2, 0.25) is 0 Å². The van der Waals surface area contributed by atoms with E-state index in [0.29, 0.717) is 5.39 Å². The van der Waals surface area contributed by atoms with Crippen LogP contribution in [-0.4, -0.2) is 15.6 Å². The van der Waals surface area contributed by atoms with Crippen molar-refractivity contribution in [2.75, 3.05) is 0 Å². The first-order valence-electron chi connectivity index (χ1n) is 4.00. The van der Waals surface area contributed by atoms with Crippen LogP contribution < -0.4 is 0 Å². The van der Waals surface area contributed by atoms with Crippen LogP contribution in [0.25, 0.3) is 10.9 Å². The Labute approximate surface area is 75.2 Å². The molecule has 13 heavy (non-hydrogen) atoms. The van der Waals surface area contributed by atoms with Crippen LogP contribution in [0.5, 0.6) is 5.75 Å². The Morgan fingerprint density at radius 2 is 2.08 bits per heavy atom. The summed E-state index contributed by atoms with van der Waals surface area (Å²) in [6.45, 7) is 1.46. The van der Waals surface area contributed by atoms with Gasteiger partial charge in [-0.1, -0.05) is 12.1 Å². The van der Waals surface area contributed by atoms with Crippen molar-refractivity contribution in [2.24, 2.45) is 0 Å². The van der Waals surface area contributed by atoms with E-state index in [-0.39, 0.29) is 11.7 Å². The zero-order valence-electron chi connectivity index (χ0n) is 7.19. The second kappa shape index (κ2) is 2.62. The van der Waals surface area contributed by atoms with Crippen LogP contribution in [0.3, 0.4) is 0 Å². The molecular weight excluding hydrogens is 166 g/mol. The van der Waals surface area contributed by atoms with Gasteiger partial charge in [-0.2, -0.15) is 0 Å². The van der Waals surface area contributed by atoms with E-state index in [1.165, 1.54) is 17.7 Å². The molecule has 2 aromatic rings. The fraction of sp³-hybridized carbons (Fsp3) is 0.100. The number of hydrogen-bond acceptors (Lipinski definition) is 2. The summed E-state index contributed by atoms with van der Waals surface area (Å²) >= 11 is 0. The first-order valence-corrected chi connectivity index (χ1v) is 4.00. The zero-order valence-corrected chi connectivity index (χ0v) is 7.19. The van der Waals surface area contributed by atoms with Gasteiger partial charge < -0.3 is 5.11 Å². The molecule has 0 saturated heterocycles. The second-order valence-corrected chi connectivity index (χ2v) is 2.92. The number of carbonyl (C=O) groups is 1. The summed E-state index contributed by atoms with van der Waals surface area (Å²) in [4.78, 5) is 11.1. The van der Waals surface area contributed by atoms with E-state index >= 15 is 0 Å². The molecule has 0 atom stereocenters. The molecule has 0 amide bonds. The van der Waals surface area contributed by atoms with Gasteiger partial charge in [0.05, 0.1) is 11.7 Å². The van der Waals surface area contributed by atoms with Gasteiger partial charge in [0.15, 0.2) is 0 Å². The van der Waals surface area contributed by atoms with Gasteiger partial charge >= 0.3 is 0 Å². The fourth-order valence-electron chi connectivity index (χ4n) is 1.42. The van der Waals surface area contributed by atoms with E-state index < -0.39 is 0 Å². The lowest BCUT2D eigenvalue weighted by atomic mass is 10.2. The molecule has 0 bridgehead atoms. The van der Waals surface area contributed by atoms with Crippen molar-refractivity contribution in [2.45, 2.75) is 6.92 Å². The van der Waals surface area contributed by atoms with Crippen molar-refractivity contribution in [3.63, 3.8) is 0 Å². The second-order valence-electron chi connectivity index (χ2n) is 2.92. The normalized spacial score (nSPS) is 10.5. The minimum atomic E-state index is -0.100. The molecule has 0 radical (unpaired) electrons. The maximum absolute atomic E-state index is 11.1. The lowest BCUT2D eigenvalue weighted by molar-refractivity contribution is 0.0941. The minimum absolute atomic E-state index is 0.100. The molecule has 0 spiro atoms. The molecule has 1 N–H and O–H groups in total. The average Bonchev–Trinajstić information content (AvgIpc) is 2.45. The van der Waals surface area contributed by atoms with Crippen LogP contribution >= 0.6 is 0 Å². The van der Waals surface area contributed by atoms with Gasteiger partial charge in [0.2, 0.25) is 5.91 Å². The third-order valence-corrected chi connectivity index (χ3v) is 2.03. The van der Waals surface area contributed by atoms with Gasteiger partial charge in [-0.25, -0.2) is 0 Å². The monoisotopic (exact) mass is 175 g/mol. The third-order valence-electron chi connectivity index (χ3n) is 2.03. The smallest absolute Gasteiger partial charge is 0.228 e. The molecule has 0 unspecified atom stereocenters. The molecule has 0 saturated carbocycles. The van der Waals surface area contributed by atoms with Crippen LogP contribution in [0.1, 0.15) is 11.7 Å². The van der Waals surface area contributed by atoms with E-state index in [4.69, 9.17) is 0 Å². The maximum Gasteiger partial charge on any atom is 0.228 e. The summed E-state index contributed by atoms with van der Waals surface area (Å²) in [6, 6.07) is 7.24. The molecule has 0 aliphatic heterocycles. The minimum Gasteiger partial charge on any atom is -0.506 e. The maximum atomic E-state index is 11.1. The number of fused-ring (bicyclic) bond motifs is 1. The Balaban J connectivity index is 2.85. The fourth-order valence-corrected chi connectivity index (χ4v) is 1.42. The predicted octanol–water partition coefficient (Wildman–Crippen LogP) is 2.01. The van der Waals surface area contributed by atoms with Crippen LogP contribution in [0.4, 0.5) is 0 Å². The standard InChI is InChI=1S/C10H9NO2/c1-7(12)11-6-10(13)8-4-2-3-5-9(8)11/h2-6,13H,1H3. The number of para-hydroxylation sites is 1. The van der Waals surface area contributed by atoms with Gasteiger partial charge in [-0.05, 0) is 12.1 Å². The van der Waals surface area contributed by atoms with Gasteiger partial charge in [-0.15, -0.1) is 0 Å². The summed E-state index contributed by atoms with van der Waals surface area (Å²) in [6.07, 6.45) is 1.44. The van der Waals surface area contributed by atoms with Crippen molar-refractivity contribution < 1.29 is 9.90 Å². The van der Waals surface area contributed by atoms with E-state index in [1.807, 2.05) is 12.1 Å². The predicted molar refractivity (Wildman–Crippen MR) is 49.9 cm³/mol. The zero-order chi connectivity index (χ0) is 9.42. The molecule has 1 aromatic heterocycles. The molecule has 0 aliphatic carbocycles. The van der Waals surface area contributed by atoms with Gasteiger partial charge in [0.25, 0.3) is 0 Å². The number of aromatic nitrogens is 1. The van der Waals surface area contributed by atoms with Crippen LogP contribution in [0, 0.1) is 0 Å². The SMILES string of the molecule is CC(=O)n1cc(O)c2ccccc21. The molecule has 0 fully saturated rings. The largest absolute Gasteiger partial charge is 0.506 e. The van der Waals surface area contributed by atoms with Crippen LogP contribution in [0.15, 0.2) is 30.5 Å². The summed E-state index contributed by atoms with van der Waals surface area (Å²) in [5, 5.41) is 10.2. The highest BCUT2D eigenvalue weighted by Crippen LogP contribution is 2.26. The van der Waals surface area contributed by atoms with E-state index in [0.717, 1.165) is 5.52 Å². The molecule has 3 heteroatoms. The Kier molecular flexibility index (Phi) is 1.59. The van der Waals surface area contributed by atoms with Crippen molar-refractivity contribution in [1.82, 2.24) is 4.57 Å². The third kappa shape index (κ3) is 1.09. The Bertz CT molecular complexity index is 471. The topological polar surface area (TPSA) is 42.2 Å². The number of aromatic hydroxyl groups is 1. The quantitative estimate of drug-likeness (QED) is 0.665. The number of rotatable bonds is 0. The molecule has 0 aliphatic rings. The summed E-state index contributed by atoms with van der Waals surface area (Å²) < 4.78 is 1.44. The first kappa shape index (κ1) is 7.86. The Hall–Kier alpha value is -1.77. The van der Waals surface area contributed by atoms with E-state index in [9.17, 15) is 9.90 Å². The van der Waals surface area contributed by atoms with Crippen LogP contribution in [-0.2, 0) is 0 Å². The van der Waals surface area contributed by atoms with Crippen molar-refractivity contribution in [3.05, 3.63) is 30.5 Å². The van der Waals surface area contributed by atoms with Crippen molar-refractivity contribution >= 4 is 16.8 Å². The highest BCUT2D eigenvalue weighted by molar-refractivity contribution is 5.95. The molecule has 2 rings (SSSR count). The van der Waals surface area contributed by atoms with Crippen molar-refractivity contribution in [3.8, 4) is 5.75 Å². The van der Waals surface area contributed by atoms with E-state index in [2.05, 4.69) is 0 Å². The molecule has 1 aromatic carbocycles. The Morgan fingerprint density at radius 1 is 1.38 bits per heavy atom. The average molecular weight is 175 g/mol. The molecule has 1 heterocycles. The highest BCUT2D eigenvalue weighted by atomic mass is 16.3. The van der Waals surface area contributed by atoms with Crippen molar-refractivity contribution in [1.29, 1.82) is 0 Å². The summed E-state index contributed by atoms with van der Waals surface area (Å²) in [5.74, 6) is 0.0438. The van der Waals surface area contributed by atoms with Gasteiger partial charge in [0, 0.05) is 12.3 Å². The number of nitrogens with zero attached hydrogens (tertiary/aromatic N) is 1. The lowest BCUT2D eigenvalue weighted by Gasteiger charge is -1.96. The van der Waals surface area contributed by atoms with Gasteiger partial charge in [-0.3, -0.25) is 9.36 Å². The number of benzene rings is 1. The van der Waals surface area contributed by atoms with Gasteiger partial charge in [0.1, 0.15) is 5.75 Å². The summed E-state index contributed by atoms with van der Waals surface area (Å²) in [5.41, 5.74) is 0.743. The van der Waals surface area contributed by atoms with E-state index in [1.54, 1.807) is 12.1 Å². The first-order chi connectivity index (χ1) is 6.20. The summed E-state index contributed by atoms with van der Waals surface area (Å²) in [7, 11) is 0. The molecule has 66 valence electrons.